The summed E-state index contributed by atoms with van der Waals surface area (Å²) in [5.74, 6) is -2.43. The van der Waals surface area contributed by atoms with Crippen LogP contribution in [-0.2, 0) is 19.1 Å². The number of hydrogen-bond acceptors (Lipinski definition) is 9. The van der Waals surface area contributed by atoms with Crippen molar-refractivity contribution in [2.75, 3.05) is 40.4 Å². The molecule has 1 unspecified atom stereocenters. The molecule has 0 amide bonds. The number of para-hydroxylation sites is 1. The van der Waals surface area contributed by atoms with E-state index in [2.05, 4.69) is 10.3 Å². The van der Waals surface area contributed by atoms with Crippen molar-refractivity contribution in [3.05, 3.63) is 62.5 Å². The molecule has 0 aliphatic carbocycles. The highest BCUT2D eigenvalue weighted by molar-refractivity contribution is 6.04. The number of nitrogens with zero attached hydrogens (tertiary/aromatic N) is 3. The van der Waals surface area contributed by atoms with Gasteiger partial charge in [-0.25, -0.2) is 9.59 Å². The number of benzene rings is 1. The Balaban J connectivity index is 2.70. The molecule has 2 rings (SSSR count). The minimum absolute atomic E-state index is 0.0705. The van der Waals surface area contributed by atoms with Gasteiger partial charge in [-0.05, 0) is 47.8 Å². The second-order valence-electron chi connectivity index (χ2n) is 7.87. The zero-order chi connectivity index (χ0) is 25.3. The first-order chi connectivity index (χ1) is 16.2. The number of carbonyl (C=O) groups is 2. The fraction of sp³-hybridized carbons (Fsp3) is 0.458. The van der Waals surface area contributed by atoms with Crippen molar-refractivity contribution in [3.63, 3.8) is 0 Å². The molecule has 0 spiro atoms. The molecule has 0 radical (unpaired) electrons. The van der Waals surface area contributed by atoms with Crippen molar-refractivity contribution in [3.8, 4) is 0 Å². The number of nitro groups is 1. The normalized spacial score (nSPS) is 16.1. The second-order valence-corrected chi connectivity index (χ2v) is 7.87. The first-order valence-electron chi connectivity index (χ1n) is 11.2. The fourth-order valence-electron chi connectivity index (χ4n) is 3.71. The number of nitro benzene ring substituents is 1. The smallest absolute Gasteiger partial charge is 0.337 e. The van der Waals surface area contributed by atoms with Crippen LogP contribution in [0.5, 0.6) is 0 Å². The first kappa shape index (κ1) is 26.7. The molecule has 1 aromatic carbocycles. The number of dihydropyridines is 1. The standard InChI is InChI=1S/C24H32N4O6/c1-6-33-23(29)20-16(3)26-18(15-25-13-10-14-27(4)5)22(24(30)34-7-2)21(20)17-11-8-9-12-19(17)28(31)32/h8-9,11-12,15,21,26H,6-7,10,13-14H2,1-5H3/b25-15+. The summed E-state index contributed by atoms with van der Waals surface area (Å²) in [5.41, 5.74) is 0.914. The number of carbonyl (C=O) groups excluding carboxylic acids is 2. The number of esters is 2. The Morgan fingerprint density at radius 1 is 1.15 bits per heavy atom. The van der Waals surface area contributed by atoms with Crippen molar-refractivity contribution < 1.29 is 24.0 Å². The van der Waals surface area contributed by atoms with Crippen LogP contribution in [0.2, 0.25) is 0 Å². The van der Waals surface area contributed by atoms with Gasteiger partial charge >= 0.3 is 11.9 Å². The molecule has 34 heavy (non-hydrogen) atoms. The zero-order valence-electron chi connectivity index (χ0n) is 20.3. The summed E-state index contributed by atoms with van der Waals surface area (Å²) in [6, 6.07) is 6.03. The van der Waals surface area contributed by atoms with E-state index in [1.54, 1.807) is 26.8 Å². The summed E-state index contributed by atoms with van der Waals surface area (Å²) >= 11 is 0. The Morgan fingerprint density at radius 2 is 1.76 bits per heavy atom. The number of ether oxygens (including phenoxy) is 2. The maximum Gasteiger partial charge on any atom is 0.337 e. The monoisotopic (exact) mass is 472 g/mol. The summed E-state index contributed by atoms with van der Waals surface area (Å²) in [4.78, 5) is 43.9. The molecule has 1 atom stereocenters. The molecular weight excluding hydrogens is 440 g/mol. The number of rotatable bonds is 11. The van der Waals surface area contributed by atoms with Crippen LogP contribution in [0, 0.1) is 10.1 Å². The van der Waals surface area contributed by atoms with Crippen molar-refractivity contribution in [1.29, 1.82) is 0 Å². The van der Waals surface area contributed by atoms with Crippen LogP contribution in [0.3, 0.4) is 0 Å². The van der Waals surface area contributed by atoms with Gasteiger partial charge in [-0.1, -0.05) is 18.2 Å². The molecule has 0 saturated heterocycles. The lowest BCUT2D eigenvalue weighted by molar-refractivity contribution is -0.385. The van der Waals surface area contributed by atoms with E-state index in [1.165, 1.54) is 24.4 Å². The second kappa shape index (κ2) is 12.6. The summed E-state index contributed by atoms with van der Waals surface area (Å²) in [7, 11) is 3.94. The number of hydrogen-bond donors (Lipinski definition) is 1. The molecule has 0 aromatic heterocycles. The number of aliphatic imine (C=N–C) groups is 1. The van der Waals surface area contributed by atoms with Gasteiger partial charge in [0.05, 0.1) is 40.9 Å². The fourth-order valence-corrected chi connectivity index (χ4v) is 3.71. The van der Waals surface area contributed by atoms with E-state index in [1.807, 2.05) is 19.0 Å². The predicted molar refractivity (Wildman–Crippen MR) is 128 cm³/mol. The van der Waals surface area contributed by atoms with Gasteiger partial charge in [0.25, 0.3) is 5.69 Å². The summed E-state index contributed by atoms with van der Waals surface area (Å²) in [6.07, 6.45) is 2.33. The van der Waals surface area contributed by atoms with Crippen LogP contribution in [0.25, 0.3) is 0 Å². The predicted octanol–water partition coefficient (Wildman–Crippen LogP) is 2.96. The highest BCUT2D eigenvalue weighted by atomic mass is 16.6. The van der Waals surface area contributed by atoms with Crippen LogP contribution >= 0.6 is 0 Å². The lowest BCUT2D eigenvalue weighted by Crippen LogP contribution is -2.34. The number of allylic oxidation sites excluding steroid dienone is 2. The Bertz CT molecular complexity index is 1010. The molecule has 1 N–H and O–H groups in total. The topological polar surface area (TPSA) is 123 Å². The van der Waals surface area contributed by atoms with Gasteiger partial charge in [-0.3, -0.25) is 15.1 Å². The van der Waals surface area contributed by atoms with Gasteiger partial charge in [-0.15, -0.1) is 0 Å². The Morgan fingerprint density at radius 3 is 2.35 bits per heavy atom. The van der Waals surface area contributed by atoms with E-state index in [-0.39, 0.29) is 35.6 Å². The average molecular weight is 473 g/mol. The third-order valence-electron chi connectivity index (χ3n) is 5.14. The molecule has 1 heterocycles. The van der Waals surface area contributed by atoms with Crippen LogP contribution in [-0.4, -0.2) is 68.4 Å². The third kappa shape index (κ3) is 6.50. The highest BCUT2D eigenvalue weighted by Gasteiger charge is 2.41. The quantitative estimate of drug-likeness (QED) is 0.171. The van der Waals surface area contributed by atoms with E-state index in [9.17, 15) is 19.7 Å². The van der Waals surface area contributed by atoms with Gasteiger partial charge in [0.1, 0.15) is 0 Å². The summed E-state index contributed by atoms with van der Waals surface area (Å²) in [5, 5.41) is 14.9. The Labute approximate surface area is 199 Å². The molecule has 10 nitrogen and oxygen atoms in total. The van der Waals surface area contributed by atoms with Crippen LogP contribution in [0.1, 0.15) is 38.7 Å². The van der Waals surface area contributed by atoms with Crippen molar-refractivity contribution in [1.82, 2.24) is 10.2 Å². The molecule has 0 bridgehead atoms. The molecule has 1 aliphatic rings. The summed E-state index contributed by atoms with van der Waals surface area (Å²) in [6.45, 7) is 6.56. The maximum atomic E-state index is 13.2. The molecule has 1 aliphatic heterocycles. The average Bonchev–Trinajstić information content (AvgIpc) is 2.78. The van der Waals surface area contributed by atoms with Gasteiger partial charge in [0.2, 0.25) is 0 Å². The lowest BCUT2D eigenvalue weighted by atomic mass is 9.79. The van der Waals surface area contributed by atoms with Gasteiger partial charge < -0.3 is 19.7 Å². The minimum Gasteiger partial charge on any atom is -0.463 e. The maximum absolute atomic E-state index is 13.2. The largest absolute Gasteiger partial charge is 0.463 e. The van der Waals surface area contributed by atoms with Gasteiger partial charge in [0, 0.05) is 30.1 Å². The van der Waals surface area contributed by atoms with Gasteiger partial charge in [0.15, 0.2) is 0 Å². The first-order valence-corrected chi connectivity index (χ1v) is 11.2. The van der Waals surface area contributed by atoms with Crippen LogP contribution in [0.4, 0.5) is 5.69 Å². The highest BCUT2D eigenvalue weighted by Crippen LogP contribution is 2.42. The lowest BCUT2D eigenvalue weighted by Gasteiger charge is -2.30. The van der Waals surface area contributed by atoms with Crippen LogP contribution in [0.15, 0.2) is 51.8 Å². The molecule has 0 saturated carbocycles. The minimum atomic E-state index is -1.07. The van der Waals surface area contributed by atoms with Crippen molar-refractivity contribution in [2.24, 2.45) is 4.99 Å². The van der Waals surface area contributed by atoms with Crippen molar-refractivity contribution >= 4 is 23.8 Å². The Kier molecular flexibility index (Phi) is 9.93. The van der Waals surface area contributed by atoms with Crippen LogP contribution < -0.4 is 5.32 Å². The third-order valence-corrected chi connectivity index (χ3v) is 5.14. The SMILES string of the molecule is CCOC(=O)C1=C(C)NC(/C=N/CCCN(C)C)=C(C(=O)OCC)C1c1ccccc1[N+](=O)[O-]. The van der Waals surface area contributed by atoms with E-state index in [0.29, 0.717) is 17.9 Å². The zero-order valence-corrected chi connectivity index (χ0v) is 20.3. The van der Waals surface area contributed by atoms with E-state index < -0.39 is 22.8 Å². The molecule has 1 aromatic rings. The molecule has 0 fully saturated rings. The molecular formula is C24H32N4O6. The van der Waals surface area contributed by atoms with Crippen molar-refractivity contribution in [2.45, 2.75) is 33.1 Å². The van der Waals surface area contributed by atoms with E-state index in [4.69, 9.17) is 9.47 Å². The Hall–Kier alpha value is -3.53. The van der Waals surface area contributed by atoms with Gasteiger partial charge in [-0.2, -0.15) is 0 Å². The van der Waals surface area contributed by atoms with E-state index >= 15 is 0 Å². The summed E-state index contributed by atoms with van der Waals surface area (Å²) < 4.78 is 10.5. The van der Waals surface area contributed by atoms with E-state index in [0.717, 1.165) is 13.0 Å². The molecule has 10 heteroatoms. The number of nitrogens with one attached hydrogen (secondary N) is 1. The molecule has 184 valence electrons.